The molecule has 222 valence electrons. The van der Waals surface area contributed by atoms with E-state index in [2.05, 4.69) is 0 Å². The molecule has 2 aliphatic heterocycles. The van der Waals surface area contributed by atoms with Crippen molar-refractivity contribution in [3.8, 4) is 28.6 Å². The molecule has 14 heteroatoms. The van der Waals surface area contributed by atoms with Gasteiger partial charge in [0.2, 0.25) is 6.29 Å². The maximum Gasteiger partial charge on any atom is 0.229 e. The Hall–Kier alpha value is -3.31. The largest absolute Gasteiger partial charge is 0.508 e. The molecule has 2 aromatic carbocycles. The lowest BCUT2D eigenvalue weighted by Gasteiger charge is -2.45. The molecule has 2 aliphatic rings. The summed E-state index contributed by atoms with van der Waals surface area (Å²) >= 11 is 0. The third-order valence-corrected chi connectivity index (χ3v) is 7.11. The molecule has 1 aromatic heterocycles. The fourth-order valence-corrected chi connectivity index (χ4v) is 4.79. The Balaban J connectivity index is 1.47. The normalized spacial score (nSPS) is 34.0. The molecule has 2 saturated heterocycles. The Kier molecular flexibility index (Phi) is 8.20. The van der Waals surface area contributed by atoms with Gasteiger partial charge in [-0.25, -0.2) is 0 Å². The van der Waals surface area contributed by atoms with Crippen molar-refractivity contribution in [3.05, 3.63) is 52.7 Å². The van der Waals surface area contributed by atoms with Crippen LogP contribution >= 0.6 is 0 Å². The molecular weight excluding hydrogens is 548 g/mol. The number of benzene rings is 2. The fourth-order valence-electron chi connectivity index (χ4n) is 4.79. The fraction of sp³-hybridized carbons (Fsp3) is 0.444. The van der Waals surface area contributed by atoms with Gasteiger partial charge in [-0.05, 0) is 31.2 Å². The third-order valence-electron chi connectivity index (χ3n) is 7.11. The minimum atomic E-state index is -1.76. The molecule has 0 unspecified atom stereocenters. The number of ether oxygens (including phenoxy) is 4. The molecular formula is C27H30O14. The van der Waals surface area contributed by atoms with Gasteiger partial charge in [-0.2, -0.15) is 0 Å². The third kappa shape index (κ3) is 5.61. The molecule has 8 N–H and O–H groups in total. The summed E-state index contributed by atoms with van der Waals surface area (Å²) in [5.74, 6) is -0.498. The minimum Gasteiger partial charge on any atom is -0.508 e. The van der Waals surface area contributed by atoms with Crippen molar-refractivity contribution >= 4 is 11.0 Å². The predicted molar refractivity (Wildman–Crippen MR) is 137 cm³/mol. The maximum atomic E-state index is 12.8. The number of phenols is 2. The van der Waals surface area contributed by atoms with E-state index in [0.717, 1.165) is 6.07 Å². The zero-order valence-corrected chi connectivity index (χ0v) is 21.5. The van der Waals surface area contributed by atoms with Crippen molar-refractivity contribution in [2.45, 2.75) is 68.3 Å². The molecule has 5 rings (SSSR count). The summed E-state index contributed by atoms with van der Waals surface area (Å²) in [7, 11) is 0. The van der Waals surface area contributed by atoms with Crippen LogP contribution in [-0.2, 0) is 14.2 Å². The number of rotatable bonds is 6. The average molecular weight is 579 g/mol. The van der Waals surface area contributed by atoms with Gasteiger partial charge in [0.1, 0.15) is 70.6 Å². The molecule has 0 radical (unpaired) electrons. The SMILES string of the molecule is C[C@H]1O[C@H](O[C@H]2[C@H](Oc3cc(O)c4c(=O)cc(-c5ccc(O)cc5)oc4c3)O[C@@H](CO)[C@@H](O)[C@H]2O)[C@@H](O)[C@@H](O)[C@H]1O. The maximum absolute atomic E-state index is 12.8. The van der Waals surface area contributed by atoms with Crippen LogP contribution in [0.1, 0.15) is 6.92 Å². The number of phenolic OH excluding ortho intramolecular Hbond substituents is 2. The lowest BCUT2D eigenvalue weighted by atomic mass is 9.97. The Morgan fingerprint density at radius 2 is 1.54 bits per heavy atom. The van der Waals surface area contributed by atoms with Gasteiger partial charge >= 0.3 is 0 Å². The molecule has 0 amide bonds. The molecule has 0 saturated carbocycles. The van der Waals surface area contributed by atoms with Crippen LogP contribution in [0.5, 0.6) is 17.2 Å². The highest BCUT2D eigenvalue weighted by atomic mass is 16.8. The summed E-state index contributed by atoms with van der Waals surface area (Å²) in [4.78, 5) is 12.8. The van der Waals surface area contributed by atoms with Gasteiger partial charge in [-0.3, -0.25) is 4.79 Å². The molecule has 3 aromatic rings. The van der Waals surface area contributed by atoms with E-state index >= 15 is 0 Å². The van der Waals surface area contributed by atoms with Gasteiger partial charge in [0.25, 0.3) is 0 Å². The molecule has 2 fully saturated rings. The molecule has 0 bridgehead atoms. The molecule has 0 aliphatic carbocycles. The van der Waals surface area contributed by atoms with E-state index in [1.54, 1.807) is 0 Å². The standard InChI is InChI=1S/C27H30O14/c1-10-20(32)22(34)24(36)26(37-10)41-25-23(35)21(33)18(9-28)40-27(25)38-13-6-14(30)19-15(31)8-16(39-17(19)7-13)11-2-4-12(29)5-3-11/h2-8,10,18,20-30,32-36H,9H2,1H3/t10-,18+,20+,21-,22+,23-,24+,25-,26-,27-/m1/s1. The summed E-state index contributed by atoms with van der Waals surface area (Å²) < 4.78 is 28.4. The Morgan fingerprint density at radius 1 is 0.829 bits per heavy atom. The molecule has 41 heavy (non-hydrogen) atoms. The van der Waals surface area contributed by atoms with E-state index < -0.39 is 79.2 Å². The second kappa shape index (κ2) is 11.5. The lowest BCUT2D eigenvalue weighted by Crippen LogP contribution is -2.64. The van der Waals surface area contributed by atoms with E-state index in [4.69, 9.17) is 23.4 Å². The van der Waals surface area contributed by atoms with Crippen molar-refractivity contribution in [1.29, 1.82) is 0 Å². The highest BCUT2D eigenvalue weighted by Gasteiger charge is 2.50. The second-order valence-electron chi connectivity index (χ2n) is 9.94. The van der Waals surface area contributed by atoms with Crippen LogP contribution in [-0.4, -0.2) is 109 Å². The lowest BCUT2D eigenvalue weighted by molar-refractivity contribution is -0.354. The van der Waals surface area contributed by atoms with Crippen LogP contribution in [0.4, 0.5) is 0 Å². The monoisotopic (exact) mass is 578 g/mol. The molecule has 0 spiro atoms. The van der Waals surface area contributed by atoms with Crippen LogP contribution < -0.4 is 10.2 Å². The second-order valence-corrected chi connectivity index (χ2v) is 9.94. The minimum absolute atomic E-state index is 0.00857. The summed E-state index contributed by atoms with van der Waals surface area (Å²) in [5.41, 5.74) is -0.182. The number of fused-ring (bicyclic) bond motifs is 1. The Labute approximate surface area is 231 Å². The Bertz CT molecular complexity index is 1420. The van der Waals surface area contributed by atoms with Crippen LogP contribution in [0.15, 0.2) is 51.7 Å². The Morgan fingerprint density at radius 3 is 2.22 bits per heavy atom. The van der Waals surface area contributed by atoms with Crippen LogP contribution in [0.25, 0.3) is 22.3 Å². The van der Waals surface area contributed by atoms with Crippen molar-refractivity contribution < 1.29 is 64.2 Å². The number of aliphatic hydroxyl groups excluding tert-OH is 6. The van der Waals surface area contributed by atoms with Gasteiger partial charge < -0.3 is 64.2 Å². The molecule has 14 nitrogen and oxygen atoms in total. The first-order valence-corrected chi connectivity index (χ1v) is 12.7. The average Bonchev–Trinajstić information content (AvgIpc) is 2.94. The zero-order valence-electron chi connectivity index (χ0n) is 21.5. The highest BCUT2D eigenvalue weighted by Crippen LogP contribution is 2.35. The van der Waals surface area contributed by atoms with E-state index in [1.165, 1.54) is 43.3 Å². The van der Waals surface area contributed by atoms with E-state index in [9.17, 15) is 45.6 Å². The van der Waals surface area contributed by atoms with Gasteiger partial charge in [-0.1, -0.05) is 0 Å². The van der Waals surface area contributed by atoms with Crippen LogP contribution in [0.3, 0.4) is 0 Å². The van der Waals surface area contributed by atoms with Crippen LogP contribution in [0.2, 0.25) is 0 Å². The summed E-state index contributed by atoms with van der Waals surface area (Å²) in [5, 5.41) is 81.4. The summed E-state index contributed by atoms with van der Waals surface area (Å²) in [6.07, 6.45) is -15.3. The quantitative estimate of drug-likeness (QED) is 0.174. The summed E-state index contributed by atoms with van der Waals surface area (Å²) in [6, 6.07) is 9.38. The summed E-state index contributed by atoms with van der Waals surface area (Å²) in [6.45, 7) is 0.704. The van der Waals surface area contributed by atoms with E-state index in [-0.39, 0.29) is 28.2 Å². The highest BCUT2D eigenvalue weighted by molar-refractivity contribution is 5.86. The first kappa shape index (κ1) is 29.2. The number of hydrogen-bond acceptors (Lipinski definition) is 14. The van der Waals surface area contributed by atoms with E-state index in [0.29, 0.717) is 5.56 Å². The van der Waals surface area contributed by atoms with Crippen molar-refractivity contribution in [3.63, 3.8) is 0 Å². The first-order chi connectivity index (χ1) is 19.5. The number of aromatic hydroxyl groups is 2. The van der Waals surface area contributed by atoms with Crippen molar-refractivity contribution in [2.24, 2.45) is 0 Å². The predicted octanol–water partition coefficient (Wildman–Crippen LogP) is -1.10. The number of hydrogen-bond donors (Lipinski definition) is 8. The van der Waals surface area contributed by atoms with Crippen molar-refractivity contribution in [1.82, 2.24) is 0 Å². The van der Waals surface area contributed by atoms with Crippen molar-refractivity contribution in [2.75, 3.05) is 6.61 Å². The van der Waals surface area contributed by atoms with Gasteiger partial charge in [-0.15, -0.1) is 0 Å². The van der Waals surface area contributed by atoms with Crippen LogP contribution in [0, 0.1) is 0 Å². The van der Waals surface area contributed by atoms with Gasteiger partial charge in [0, 0.05) is 23.8 Å². The smallest absolute Gasteiger partial charge is 0.229 e. The topological polar surface area (TPSA) is 229 Å². The zero-order chi connectivity index (χ0) is 29.6. The molecule has 3 heterocycles. The number of aliphatic hydroxyl groups is 6. The molecule has 10 atom stereocenters. The van der Waals surface area contributed by atoms with Gasteiger partial charge in [0.05, 0.1) is 12.7 Å². The van der Waals surface area contributed by atoms with E-state index in [1.807, 2.05) is 0 Å². The van der Waals surface area contributed by atoms with Gasteiger partial charge in [0.15, 0.2) is 17.8 Å². The first-order valence-electron chi connectivity index (χ1n) is 12.7.